The lowest BCUT2D eigenvalue weighted by Gasteiger charge is -2.23. The second kappa shape index (κ2) is 7.25. The minimum Gasteiger partial charge on any atom is -0.496 e. The van der Waals surface area contributed by atoms with Crippen molar-refractivity contribution in [2.45, 2.75) is 19.4 Å². The van der Waals surface area contributed by atoms with Crippen molar-refractivity contribution < 1.29 is 19.1 Å². The Labute approximate surface area is 146 Å². The number of methoxy groups -OCH3 is 1. The van der Waals surface area contributed by atoms with Crippen LogP contribution < -0.4 is 20.1 Å². The van der Waals surface area contributed by atoms with Crippen molar-refractivity contribution in [3.05, 3.63) is 53.6 Å². The molecule has 6 nitrogen and oxygen atoms in total. The Morgan fingerprint density at radius 3 is 2.88 bits per heavy atom. The maximum atomic E-state index is 12.3. The third kappa shape index (κ3) is 3.74. The van der Waals surface area contributed by atoms with Crippen LogP contribution in [0.5, 0.6) is 11.5 Å². The van der Waals surface area contributed by atoms with Gasteiger partial charge in [-0.15, -0.1) is 0 Å². The van der Waals surface area contributed by atoms with E-state index >= 15 is 0 Å². The molecule has 3 rings (SSSR count). The molecular weight excluding hydrogens is 320 g/mol. The molecule has 1 heterocycles. The maximum Gasteiger partial charge on any atom is 0.265 e. The Kier molecular flexibility index (Phi) is 4.88. The van der Waals surface area contributed by atoms with Crippen LogP contribution in [0.25, 0.3) is 0 Å². The van der Waals surface area contributed by atoms with Gasteiger partial charge in [0.05, 0.1) is 12.8 Å². The quantitative estimate of drug-likeness (QED) is 0.876. The first-order valence-corrected chi connectivity index (χ1v) is 8.10. The molecular formula is C19H20N2O4. The van der Waals surface area contributed by atoms with E-state index in [0.717, 1.165) is 11.3 Å². The highest BCUT2D eigenvalue weighted by Gasteiger charge is 2.24. The first-order chi connectivity index (χ1) is 12.1. The number of benzene rings is 2. The fourth-order valence-electron chi connectivity index (χ4n) is 2.66. The molecule has 1 unspecified atom stereocenters. The monoisotopic (exact) mass is 340 g/mol. The van der Waals surface area contributed by atoms with Gasteiger partial charge in [0.25, 0.3) is 11.8 Å². The second-order valence-corrected chi connectivity index (χ2v) is 5.78. The molecule has 2 aromatic rings. The van der Waals surface area contributed by atoms with E-state index in [9.17, 15) is 9.59 Å². The van der Waals surface area contributed by atoms with Crippen LogP contribution in [0.3, 0.4) is 0 Å². The summed E-state index contributed by atoms with van der Waals surface area (Å²) in [5, 5.41) is 5.63. The molecule has 0 aromatic heterocycles. The Hall–Kier alpha value is -3.02. The predicted octanol–water partition coefficient (Wildman–Crippen LogP) is 2.39. The SMILES string of the molecule is COc1ccccc1CCNC(=O)c1ccc2c(c1)OC(C)C(=O)N2. The van der Waals surface area contributed by atoms with Crippen LogP contribution >= 0.6 is 0 Å². The minimum atomic E-state index is -0.573. The van der Waals surface area contributed by atoms with Crippen molar-refractivity contribution in [3.63, 3.8) is 0 Å². The molecule has 2 aromatic carbocycles. The van der Waals surface area contributed by atoms with Crippen LogP contribution in [-0.2, 0) is 11.2 Å². The normalized spacial score (nSPS) is 15.6. The molecule has 0 fully saturated rings. The fourth-order valence-corrected chi connectivity index (χ4v) is 2.66. The van der Waals surface area contributed by atoms with Gasteiger partial charge in [0.2, 0.25) is 0 Å². The van der Waals surface area contributed by atoms with Gasteiger partial charge in [0, 0.05) is 12.1 Å². The van der Waals surface area contributed by atoms with Crippen molar-refractivity contribution in [2.75, 3.05) is 19.0 Å². The number of ether oxygens (including phenoxy) is 2. The zero-order chi connectivity index (χ0) is 17.8. The van der Waals surface area contributed by atoms with Crippen LogP contribution in [-0.4, -0.2) is 31.6 Å². The number of carbonyl (C=O) groups excluding carboxylic acids is 2. The molecule has 0 bridgehead atoms. The summed E-state index contributed by atoms with van der Waals surface area (Å²) in [6.07, 6.45) is 0.0981. The average Bonchev–Trinajstić information content (AvgIpc) is 2.62. The number of nitrogens with one attached hydrogen (secondary N) is 2. The second-order valence-electron chi connectivity index (χ2n) is 5.78. The molecule has 1 aliphatic rings. The summed E-state index contributed by atoms with van der Waals surface area (Å²) in [6, 6.07) is 12.7. The standard InChI is InChI=1S/C19H20N2O4/c1-12-18(22)21-15-8-7-14(11-17(15)25-12)19(23)20-10-9-13-5-3-4-6-16(13)24-2/h3-8,11-12H,9-10H2,1-2H3,(H,20,23)(H,21,22). The number of rotatable bonds is 5. The molecule has 2 N–H and O–H groups in total. The van der Waals surface area contributed by atoms with Crippen molar-refractivity contribution >= 4 is 17.5 Å². The highest BCUT2D eigenvalue weighted by Crippen LogP contribution is 2.30. The molecule has 0 aliphatic carbocycles. The lowest BCUT2D eigenvalue weighted by Crippen LogP contribution is -2.34. The molecule has 0 saturated carbocycles. The van der Waals surface area contributed by atoms with Gasteiger partial charge >= 0.3 is 0 Å². The minimum absolute atomic E-state index is 0.189. The number of amides is 2. The molecule has 2 amide bonds. The Morgan fingerprint density at radius 2 is 2.08 bits per heavy atom. The van der Waals surface area contributed by atoms with Gasteiger partial charge in [0.1, 0.15) is 11.5 Å². The summed E-state index contributed by atoms with van der Waals surface area (Å²) in [5.41, 5.74) is 2.10. The van der Waals surface area contributed by atoms with E-state index in [0.29, 0.717) is 30.0 Å². The van der Waals surface area contributed by atoms with Gasteiger partial charge in [-0.05, 0) is 43.2 Å². The van der Waals surface area contributed by atoms with E-state index in [2.05, 4.69) is 10.6 Å². The first kappa shape index (κ1) is 16.8. The molecule has 1 atom stereocenters. The maximum absolute atomic E-state index is 12.3. The Balaban J connectivity index is 1.62. The van der Waals surface area contributed by atoms with E-state index in [4.69, 9.17) is 9.47 Å². The Bertz CT molecular complexity index is 804. The van der Waals surface area contributed by atoms with Crippen LogP contribution in [0.2, 0.25) is 0 Å². The number of carbonyl (C=O) groups is 2. The zero-order valence-corrected chi connectivity index (χ0v) is 14.2. The van der Waals surface area contributed by atoms with Crippen molar-refractivity contribution in [1.82, 2.24) is 5.32 Å². The third-order valence-corrected chi connectivity index (χ3v) is 4.05. The van der Waals surface area contributed by atoms with Crippen LogP contribution in [0.4, 0.5) is 5.69 Å². The lowest BCUT2D eigenvalue weighted by atomic mass is 10.1. The zero-order valence-electron chi connectivity index (χ0n) is 14.2. The van der Waals surface area contributed by atoms with E-state index in [1.165, 1.54) is 0 Å². The van der Waals surface area contributed by atoms with Crippen LogP contribution in [0, 0.1) is 0 Å². The average molecular weight is 340 g/mol. The first-order valence-electron chi connectivity index (χ1n) is 8.10. The molecule has 0 spiro atoms. The molecule has 0 radical (unpaired) electrons. The van der Waals surface area contributed by atoms with E-state index < -0.39 is 6.10 Å². The van der Waals surface area contributed by atoms with Gasteiger partial charge in [-0.3, -0.25) is 9.59 Å². The summed E-state index contributed by atoms with van der Waals surface area (Å²) in [4.78, 5) is 23.9. The van der Waals surface area contributed by atoms with E-state index in [1.54, 1.807) is 32.2 Å². The van der Waals surface area contributed by atoms with Crippen molar-refractivity contribution in [2.24, 2.45) is 0 Å². The number of anilines is 1. The summed E-state index contributed by atoms with van der Waals surface area (Å²) in [6.45, 7) is 2.16. The summed E-state index contributed by atoms with van der Waals surface area (Å²) < 4.78 is 10.8. The molecule has 25 heavy (non-hydrogen) atoms. The van der Waals surface area contributed by atoms with E-state index in [1.807, 2.05) is 24.3 Å². The summed E-state index contributed by atoms with van der Waals surface area (Å²) in [5.74, 6) is 0.931. The molecule has 6 heteroatoms. The number of fused-ring (bicyclic) bond motifs is 1. The summed E-state index contributed by atoms with van der Waals surface area (Å²) >= 11 is 0. The summed E-state index contributed by atoms with van der Waals surface area (Å²) in [7, 11) is 1.63. The highest BCUT2D eigenvalue weighted by molar-refractivity contribution is 6.00. The predicted molar refractivity (Wildman–Crippen MR) is 94.2 cm³/mol. The number of hydrogen-bond acceptors (Lipinski definition) is 4. The largest absolute Gasteiger partial charge is 0.496 e. The molecule has 0 saturated heterocycles. The lowest BCUT2D eigenvalue weighted by molar-refractivity contribution is -0.122. The van der Waals surface area contributed by atoms with Crippen molar-refractivity contribution in [3.8, 4) is 11.5 Å². The van der Waals surface area contributed by atoms with Gasteiger partial charge in [-0.2, -0.15) is 0 Å². The number of para-hydroxylation sites is 1. The number of hydrogen-bond donors (Lipinski definition) is 2. The van der Waals surface area contributed by atoms with Crippen LogP contribution in [0.15, 0.2) is 42.5 Å². The highest BCUT2D eigenvalue weighted by atomic mass is 16.5. The van der Waals surface area contributed by atoms with Gasteiger partial charge in [0.15, 0.2) is 6.10 Å². The molecule has 130 valence electrons. The molecule has 1 aliphatic heterocycles. The van der Waals surface area contributed by atoms with Gasteiger partial charge in [-0.1, -0.05) is 18.2 Å². The smallest absolute Gasteiger partial charge is 0.265 e. The Morgan fingerprint density at radius 1 is 1.28 bits per heavy atom. The topological polar surface area (TPSA) is 76.7 Å². The third-order valence-electron chi connectivity index (χ3n) is 4.05. The van der Waals surface area contributed by atoms with Gasteiger partial charge < -0.3 is 20.1 Å². The fraction of sp³-hybridized carbons (Fsp3) is 0.263. The van der Waals surface area contributed by atoms with Crippen LogP contribution in [0.1, 0.15) is 22.8 Å². The van der Waals surface area contributed by atoms with Gasteiger partial charge in [-0.25, -0.2) is 0 Å². The van der Waals surface area contributed by atoms with Crippen molar-refractivity contribution in [1.29, 1.82) is 0 Å². The van der Waals surface area contributed by atoms with E-state index in [-0.39, 0.29) is 11.8 Å².